The molecule has 0 radical (unpaired) electrons. The number of carbonyl (C=O) groups is 1. The molecular weight excluding hydrogens is 231 g/mol. The predicted octanol–water partition coefficient (Wildman–Crippen LogP) is 2.19. The summed E-state index contributed by atoms with van der Waals surface area (Å²) in [5.74, 6) is -0.560. The molecule has 0 atom stereocenters. The third-order valence-electron chi connectivity index (χ3n) is 1.98. The fourth-order valence-corrected chi connectivity index (χ4v) is 1.20. The maximum atomic E-state index is 13.1. The van der Waals surface area contributed by atoms with Crippen LogP contribution in [0.1, 0.15) is 12.8 Å². The van der Waals surface area contributed by atoms with Crippen LogP contribution in [-0.2, 0) is 4.79 Å². The minimum absolute atomic E-state index is 0. The molecule has 16 heavy (non-hydrogen) atoms. The van der Waals surface area contributed by atoms with E-state index in [2.05, 4.69) is 10.6 Å². The molecule has 0 aliphatic rings. The van der Waals surface area contributed by atoms with Crippen molar-refractivity contribution in [2.24, 2.45) is 0 Å². The van der Waals surface area contributed by atoms with E-state index in [1.54, 1.807) is 18.2 Å². The van der Waals surface area contributed by atoms with E-state index < -0.39 is 5.82 Å². The smallest absolute Gasteiger partial charge is 0.224 e. The normalized spacial score (nSPS) is 9.38. The van der Waals surface area contributed by atoms with E-state index in [1.165, 1.54) is 6.07 Å². The number of amides is 1. The molecule has 3 nitrogen and oxygen atoms in total. The maximum absolute atomic E-state index is 13.1. The zero-order valence-corrected chi connectivity index (χ0v) is 9.94. The van der Waals surface area contributed by atoms with Crippen LogP contribution in [0.5, 0.6) is 0 Å². The van der Waals surface area contributed by atoms with Crippen molar-refractivity contribution in [2.75, 3.05) is 18.9 Å². The van der Waals surface area contributed by atoms with Gasteiger partial charge in [0.1, 0.15) is 5.82 Å². The molecule has 0 saturated carbocycles. The summed E-state index contributed by atoms with van der Waals surface area (Å²) in [6.07, 6.45) is 1.14. The summed E-state index contributed by atoms with van der Waals surface area (Å²) in [6, 6.07) is 6.15. The van der Waals surface area contributed by atoms with Gasteiger partial charge in [-0.2, -0.15) is 0 Å². The molecule has 0 fully saturated rings. The van der Waals surface area contributed by atoms with Crippen molar-refractivity contribution in [1.29, 1.82) is 0 Å². The Bertz CT molecular complexity index is 334. The molecule has 1 rings (SSSR count). The maximum Gasteiger partial charge on any atom is 0.224 e. The second-order valence-corrected chi connectivity index (χ2v) is 3.24. The number of rotatable bonds is 5. The molecule has 90 valence electrons. The minimum Gasteiger partial charge on any atom is -0.324 e. The van der Waals surface area contributed by atoms with Crippen LogP contribution >= 0.6 is 12.4 Å². The molecule has 0 spiro atoms. The fourth-order valence-electron chi connectivity index (χ4n) is 1.20. The van der Waals surface area contributed by atoms with Crippen molar-refractivity contribution in [2.45, 2.75) is 12.8 Å². The quantitative estimate of drug-likeness (QED) is 0.782. The molecule has 1 aromatic rings. The van der Waals surface area contributed by atoms with Crippen LogP contribution in [0, 0.1) is 5.82 Å². The second kappa shape index (κ2) is 8.07. The largest absolute Gasteiger partial charge is 0.324 e. The molecule has 2 N–H and O–H groups in total. The van der Waals surface area contributed by atoms with E-state index >= 15 is 0 Å². The van der Waals surface area contributed by atoms with Crippen LogP contribution in [0.3, 0.4) is 0 Å². The number of hydrogen-bond acceptors (Lipinski definition) is 2. The Morgan fingerprint density at radius 1 is 1.38 bits per heavy atom. The number of anilines is 1. The monoisotopic (exact) mass is 246 g/mol. The number of benzene rings is 1. The number of halogens is 2. The first-order valence-corrected chi connectivity index (χ1v) is 4.93. The van der Waals surface area contributed by atoms with Crippen LogP contribution < -0.4 is 10.6 Å². The molecule has 0 unspecified atom stereocenters. The van der Waals surface area contributed by atoms with Crippen LogP contribution in [0.25, 0.3) is 0 Å². The predicted molar refractivity (Wildman–Crippen MR) is 65.4 cm³/mol. The Hall–Kier alpha value is -1.13. The molecule has 0 aromatic heterocycles. The van der Waals surface area contributed by atoms with Crippen LogP contribution in [-0.4, -0.2) is 19.5 Å². The summed E-state index contributed by atoms with van der Waals surface area (Å²) in [4.78, 5) is 11.3. The fraction of sp³-hybridized carbons (Fsp3) is 0.364. The van der Waals surface area contributed by atoms with E-state index in [-0.39, 0.29) is 24.0 Å². The highest BCUT2D eigenvalue weighted by molar-refractivity contribution is 5.90. The first kappa shape index (κ1) is 14.9. The van der Waals surface area contributed by atoms with Crippen LogP contribution in [0.15, 0.2) is 24.3 Å². The summed E-state index contributed by atoms with van der Waals surface area (Å²) in [5.41, 5.74) is 0.243. The molecule has 5 heteroatoms. The Balaban J connectivity index is 0.00000225. The first-order chi connectivity index (χ1) is 7.24. The zero-order chi connectivity index (χ0) is 11.1. The Morgan fingerprint density at radius 2 is 2.06 bits per heavy atom. The standard InChI is InChI=1S/C11H15FN2O.ClH/c1-13-8-4-7-11(15)14-10-6-3-2-5-9(10)12;/h2-3,5-6,13H,4,7-8H2,1H3,(H,14,15);1H. The Labute approximate surface area is 101 Å². The molecule has 1 amide bonds. The van der Waals surface area contributed by atoms with Gasteiger partial charge in [0.15, 0.2) is 0 Å². The Morgan fingerprint density at radius 3 is 2.69 bits per heavy atom. The first-order valence-electron chi connectivity index (χ1n) is 4.93. The van der Waals surface area contributed by atoms with E-state index in [0.29, 0.717) is 6.42 Å². The number of nitrogens with one attached hydrogen (secondary N) is 2. The van der Waals surface area contributed by atoms with Crippen molar-refractivity contribution < 1.29 is 9.18 Å². The zero-order valence-electron chi connectivity index (χ0n) is 9.13. The third-order valence-corrected chi connectivity index (χ3v) is 1.98. The average molecular weight is 247 g/mol. The van der Waals surface area contributed by atoms with Gasteiger partial charge < -0.3 is 10.6 Å². The van der Waals surface area contributed by atoms with Crippen molar-refractivity contribution in [3.8, 4) is 0 Å². The molecule has 0 saturated heterocycles. The highest BCUT2D eigenvalue weighted by atomic mass is 35.5. The molecule has 0 bridgehead atoms. The number of para-hydroxylation sites is 1. The van der Waals surface area contributed by atoms with Crippen molar-refractivity contribution in [1.82, 2.24) is 5.32 Å². The van der Waals surface area contributed by atoms with Gasteiger partial charge in [0, 0.05) is 6.42 Å². The van der Waals surface area contributed by atoms with Crippen LogP contribution in [0.4, 0.5) is 10.1 Å². The van der Waals surface area contributed by atoms with Gasteiger partial charge in [-0.05, 0) is 32.1 Å². The molecule has 0 heterocycles. The van der Waals surface area contributed by atoms with Crippen molar-refractivity contribution in [3.05, 3.63) is 30.1 Å². The molecule has 0 aliphatic heterocycles. The topological polar surface area (TPSA) is 41.1 Å². The summed E-state index contributed by atoms with van der Waals surface area (Å²) in [6.45, 7) is 0.782. The number of carbonyl (C=O) groups excluding carboxylic acids is 1. The van der Waals surface area contributed by atoms with Gasteiger partial charge in [0.05, 0.1) is 5.69 Å². The molecule has 1 aromatic carbocycles. The van der Waals surface area contributed by atoms with Crippen LogP contribution in [0.2, 0.25) is 0 Å². The summed E-state index contributed by atoms with van der Waals surface area (Å²) < 4.78 is 13.1. The van der Waals surface area contributed by atoms with Gasteiger partial charge in [0.2, 0.25) is 5.91 Å². The molecule has 0 aliphatic carbocycles. The lowest BCUT2D eigenvalue weighted by molar-refractivity contribution is -0.116. The summed E-state index contributed by atoms with van der Waals surface area (Å²) in [7, 11) is 1.83. The number of hydrogen-bond donors (Lipinski definition) is 2. The van der Waals surface area contributed by atoms with Gasteiger partial charge >= 0.3 is 0 Å². The van der Waals surface area contributed by atoms with E-state index in [4.69, 9.17) is 0 Å². The summed E-state index contributed by atoms with van der Waals surface area (Å²) >= 11 is 0. The lowest BCUT2D eigenvalue weighted by atomic mass is 10.2. The van der Waals surface area contributed by atoms with E-state index in [1.807, 2.05) is 7.05 Å². The minimum atomic E-state index is -0.403. The third kappa shape index (κ3) is 5.09. The van der Waals surface area contributed by atoms with Gasteiger partial charge in [-0.3, -0.25) is 4.79 Å². The highest BCUT2D eigenvalue weighted by Gasteiger charge is 2.04. The van der Waals surface area contributed by atoms with Gasteiger partial charge in [-0.1, -0.05) is 12.1 Å². The second-order valence-electron chi connectivity index (χ2n) is 3.24. The summed E-state index contributed by atoms with van der Waals surface area (Å²) in [5, 5.41) is 5.47. The SMILES string of the molecule is CNCCCC(=O)Nc1ccccc1F.Cl. The average Bonchev–Trinajstić information content (AvgIpc) is 2.22. The van der Waals surface area contributed by atoms with E-state index in [9.17, 15) is 9.18 Å². The lowest BCUT2D eigenvalue weighted by Crippen LogP contribution is -2.15. The van der Waals surface area contributed by atoms with E-state index in [0.717, 1.165) is 13.0 Å². The van der Waals surface area contributed by atoms with Crippen molar-refractivity contribution >= 4 is 24.0 Å². The van der Waals surface area contributed by atoms with Gasteiger partial charge in [-0.25, -0.2) is 4.39 Å². The highest BCUT2D eigenvalue weighted by Crippen LogP contribution is 2.12. The van der Waals surface area contributed by atoms with Crippen molar-refractivity contribution in [3.63, 3.8) is 0 Å². The Kier molecular flexibility index (Phi) is 7.50. The van der Waals surface area contributed by atoms with Gasteiger partial charge in [-0.15, -0.1) is 12.4 Å². The van der Waals surface area contributed by atoms with Gasteiger partial charge in [0.25, 0.3) is 0 Å². The lowest BCUT2D eigenvalue weighted by Gasteiger charge is -2.05. The molecular formula is C11H16ClFN2O.